The average molecular weight is 579 g/mol. The normalized spacial score (nSPS) is 13.4. The number of rotatable bonds is 14. The number of carboxylic acids is 1. The topological polar surface area (TPSA) is 182 Å². The minimum atomic E-state index is -1.19. The second-order valence-electron chi connectivity index (χ2n) is 9.75. The quantitative estimate of drug-likeness (QED) is 0.119. The average Bonchev–Trinajstić information content (AvgIpc) is 3.57. The molecule has 0 aliphatic carbocycles. The number of para-hydroxylation sites is 2. The Balaban J connectivity index is 1.53. The second-order valence-corrected chi connectivity index (χ2v) is 10.7. The van der Waals surface area contributed by atoms with E-state index < -0.39 is 48.4 Å². The van der Waals surface area contributed by atoms with Crippen LogP contribution in [0, 0.1) is 0 Å². The summed E-state index contributed by atoms with van der Waals surface area (Å²) in [5.41, 5.74) is 9.82. The molecule has 0 aliphatic heterocycles. The lowest BCUT2D eigenvalue weighted by Crippen LogP contribution is -2.57. The van der Waals surface area contributed by atoms with Gasteiger partial charge in [-0.2, -0.15) is 11.8 Å². The molecule has 2 heterocycles. The highest BCUT2D eigenvalue weighted by molar-refractivity contribution is 7.98. The molecule has 0 bridgehead atoms. The van der Waals surface area contributed by atoms with Crippen LogP contribution in [0.15, 0.2) is 60.9 Å². The summed E-state index contributed by atoms with van der Waals surface area (Å²) in [6.07, 6.45) is 6.15. The summed E-state index contributed by atoms with van der Waals surface area (Å²) in [5.74, 6) is -2.32. The summed E-state index contributed by atoms with van der Waals surface area (Å²) in [7, 11) is 0. The van der Waals surface area contributed by atoms with Crippen molar-refractivity contribution in [3.63, 3.8) is 0 Å². The van der Waals surface area contributed by atoms with Crippen molar-refractivity contribution in [2.75, 3.05) is 18.6 Å². The van der Waals surface area contributed by atoms with Gasteiger partial charge in [0.2, 0.25) is 17.7 Å². The van der Waals surface area contributed by atoms with Crippen LogP contribution >= 0.6 is 11.8 Å². The van der Waals surface area contributed by atoms with E-state index in [1.165, 1.54) is 11.8 Å². The molecule has 216 valence electrons. The fourth-order valence-electron chi connectivity index (χ4n) is 4.70. The maximum absolute atomic E-state index is 13.6. The number of aromatic nitrogens is 2. The molecule has 3 amide bonds. The van der Waals surface area contributed by atoms with Crippen LogP contribution < -0.4 is 21.7 Å². The van der Waals surface area contributed by atoms with Crippen LogP contribution in [0.4, 0.5) is 0 Å². The maximum atomic E-state index is 13.6. The molecule has 0 saturated heterocycles. The fraction of sp³-hybridized carbons (Fsp3) is 0.310. The van der Waals surface area contributed by atoms with Crippen molar-refractivity contribution in [1.82, 2.24) is 25.9 Å². The third-order valence-electron chi connectivity index (χ3n) is 6.84. The van der Waals surface area contributed by atoms with Crippen LogP contribution in [-0.2, 0) is 32.0 Å². The number of amides is 3. The number of carbonyl (C=O) groups excluding carboxylic acids is 3. The molecule has 0 saturated carbocycles. The standard InChI is InChI=1S/C29H34N6O5S/c1-41-11-10-24(28(39)33-16-26(36)37)34-29(40)25(13-18-15-32-23-9-5-3-7-20(18)23)35-27(38)21(30)12-17-14-31-22-8-4-2-6-19(17)22/h2-9,14-15,21,24-25,31-32H,10-13,16,30H2,1H3,(H,33,39)(H,34,40)(H,35,38)(H,36,37). The van der Waals surface area contributed by atoms with Crippen molar-refractivity contribution < 1.29 is 24.3 Å². The number of fused-ring (bicyclic) bond motifs is 2. The molecule has 8 N–H and O–H groups in total. The van der Waals surface area contributed by atoms with Gasteiger partial charge in [-0.25, -0.2) is 0 Å². The lowest BCUT2D eigenvalue weighted by Gasteiger charge is -2.24. The van der Waals surface area contributed by atoms with Crippen LogP contribution in [-0.4, -0.2) is 75.4 Å². The number of carbonyl (C=O) groups is 4. The first-order valence-corrected chi connectivity index (χ1v) is 14.6. The predicted molar refractivity (Wildman–Crippen MR) is 159 cm³/mol. The van der Waals surface area contributed by atoms with Gasteiger partial charge in [0.1, 0.15) is 18.6 Å². The highest BCUT2D eigenvalue weighted by atomic mass is 32.2. The van der Waals surface area contributed by atoms with E-state index in [4.69, 9.17) is 10.8 Å². The van der Waals surface area contributed by atoms with Crippen LogP contribution in [0.5, 0.6) is 0 Å². The van der Waals surface area contributed by atoms with Crippen LogP contribution in [0.1, 0.15) is 17.5 Å². The number of carboxylic acid groups (broad SMARTS) is 1. The van der Waals surface area contributed by atoms with Crippen LogP contribution in [0.3, 0.4) is 0 Å². The Hall–Kier alpha value is -4.29. The van der Waals surface area contributed by atoms with Gasteiger partial charge in [0.05, 0.1) is 6.04 Å². The lowest BCUT2D eigenvalue weighted by atomic mass is 10.0. The molecule has 4 aromatic rings. The zero-order chi connectivity index (χ0) is 29.4. The van der Waals surface area contributed by atoms with Crippen molar-refractivity contribution in [1.29, 1.82) is 0 Å². The predicted octanol–water partition coefficient (Wildman–Crippen LogP) is 1.69. The first-order valence-electron chi connectivity index (χ1n) is 13.2. The van der Waals surface area contributed by atoms with E-state index in [1.54, 1.807) is 6.20 Å². The number of aliphatic carboxylic acids is 1. The molecule has 0 aliphatic rings. The molecule has 2 aromatic heterocycles. The smallest absolute Gasteiger partial charge is 0.322 e. The van der Waals surface area contributed by atoms with Crippen LogP contribution in [0.25, 0.3) is 21.8 Å². The van der Waals surface area contributed by atoms with Crippen molar-refractivity contribution in [3.8, 4) is 0 Å². The van der Waals surface area contributed by atoms with Gasteiger partial charge in [0, 0.05) is 40.6 Å². The van der Waals surface area contributed by atoms with Crippen molar-refractivity contribution in [3.05, 3.63) is 72.1 Å². The Morgan fingerprint density at radius 3 is 1.98 bits per heavy atom. The first kappa shape index (κ1) is 29.7. The maximum Gasteiger partial charge on any atom is 0.322 e. The molecular formula is C29H34N6O5S. The number of aromatic amines is 2. The summed E-state index contributed by atoms with van der Waals surface area (Å²) in [4.78, 5) is 56.9. The zero-order valence-corrected chi connectivity index (χ0v) is 23.4. The number of nitrogens with one attached hydrogen (secondary N) is 5. The summed E-state index contributed by atoms with van der Waals surface area (Å²) in [6, 6.07) is 12.4. The van der Waals surface area contributed by atoms with E-state index in [-0.39, 0.29) is 19.3 Å². The largest absolute Gasteiger partial charge is 0.480 e. The van der Waals surface area contributed by atoms with E-state index in [0.717, 1.165) is 32.9 Å². The Labute approximate surface area is 241 Å². The van der Waals surface area contributed by atoms with Gasteiger partial charge >= 0.3 is 5.97 Å². The number of nitrogens with two attached hydrogens (primary N) is 1. The summed E-state index contributed by atoms with van der Waals surface area (Å²) < 4.78 is 0. The van der Waals surface area contributed by atoms with E-state index in [2.05, 4.69) is 25.9 Å². The number of H-pyrrole nitrogens is 2. The van der Waals surface area contributed by atoms with E-state index in [0.29, 0.717) is 5.75 Å². The molecule has 0 spiro atoms. The third-order valence-corrected chi connectivity index (χ3v) is 7.48. The van der Waals surface area contributed by atoms with E-state index in [9.17, 15) is 19.2 Å². The molecule has 0 radical (unpaired) electrons. The summed E-state index contributed by atoms with van der Waals surface area (Å²) >= 11 is 1.49. The van der Waals surface area contributed by atoms with Crippen molar-refractivity contribution in [2.45, 2.75) is 37.4 Å². The molecule has 41 heavy (non-hydrogen) atoms. The highest BCUT2D eigenvalue weighted by Gasteiger charge is 2.29. The van der Waals surface area contributed by atoms with Gasteiger partial charge in [-0.15, -0.1) is 0 Å². The fourth-order valence-corrected chi connectivity index (χ4v) is 5.17. The molecule has 11 nitrogen and oxygen atoms in total. The first-order chi connectivity index (χ1) is 19.8. The Kier molecular flexibility index (Phi) is 10.0. The molecule has 4 rings (SSSR count). The van der Waals surface area contributed by atoms with Gasteiger partial charge < -0.3 is 36.8 Å². The number of hydrogen-bond acceptors (Lipinski definition) is 6. The Morgan fingerprint density at radius 1 is 0.829 bits per heavy atom. The number of hydrogen-bond donors (Lipinski definition) is 7. The van der Waals surface area contributed by atoms with Gasteiger partial charge in [-0.05, 0) is 48.1 Å². The third kappa shape index (κ3) is 7.68. The number of thioether (sulfide) groups is 1. The monoisotopic (exact) mass is 578 g/mol. The summed E-state index contributed by atoms with van der Waals surface area (Å²) in [6.45, 7) is -0.567. The Morgan fingerprint density at radius 2 is 1.39 bits per heavy atom. The Bertz CT molecular complexity index is 1530. The SMILES string of the molecule is CSCCC(NC(=O)C(Cc1c[nH]c2ccccc12)NC(=O)C(N)Cc1c[nH]c2ccccc12)C(=O)NCC(=O)O. The molecule has 3 atom stereocenters. The molecule has 0 fully saturated rings. The molecule has 12 heteroatoms. The highest BCUT2D eigenvalue weighted by Crippen LogP contribution is 2.21. The molecule has 3 unspecified atom stereocenters. The second kappa shape index (κ2) is 13.9. The van der Waals surface area contributed by atoms with Crippen molar-refractivity contribution >= 4 is 57.3 Å². The summed E-state index contributed by atoms with van der Waals surface area (Å²) in [5, 5.41) is 18.7. The van der Waals surface area contributed by atoms with Crippen LogP contribution in [0.2, 0.25) is 0 Å². The molecule has 2 aromatic carbocycles. The van der Waals surface area contributed by atoms with Gasteiger partial charge in [-0.1, -0.05) is 36.4 Å². The van der Waals surface area contributed by atoms with Gasteiger partial charge in [-0.3, -0.25) is 19.2 Å². The van der Waals surface area contributed by atoms with E-state index in [1.807, 2.05) is 61.0 Å². The minimum Gasteiger partial charge on any atom is -0.480 e. The van der Waals surface area contributed by atoms with Gasteiger partial charge in [0.25, 0.3) is 0 Å². The zero-order valence-electron chi connectivity index (χ0n) is 22.6. The van der Waals surface area contributed by atoms with E-state index >= 15 is 0 Å². The molecular weight excluding hydrogens is 544 g/mol. The van der Waals surface area contributed by atoms with Crippen molar-refractivity contribution in [2.24, 2.45) is 5.73 Å². The minimum absolute atomic E-state index is 0.146. The lowest BCUT2D eigenvalue weighted by molar-refractivity contribution is -0.138. The van der Waals surface area contributed by atoms with Gasteiger partial charge in [0.15, 0.2) is 0 Å². The number of benzene rings is 2.